The van der Waals surface area contributed by atoms with E-state index in [4.69, 9.17) is 26.8 Å². The number of piperazine rings is 1. The summed E-state index contributed by atoms with van der Waals surface area (Å²) in [5.74, 6) is 0.944. The van der Waals surface area contributed by atoms with Gasteiger partial charge in [0.05, 0.1) is 37.0 Å². The number of nitrogens with two attached hydrogens (primary N) is 1. The van der Waals surface area contributed by atoms with Crippen LogP contribution in [0.25, 0.3) is 5.69 Å². The molecule has 1 aliphatic heterocycles. The van der Waals surface area contributed by atoms with E-state index in [-0.39, 0.29) is 30.2 Å². The van der Waals surface area contributed by atoms with Gasteiger partial charge in [0.1, 0.15) is 11.4 Å². The highest BCUT2D eigenvalue weighted by Crippen LogP contribution is 2.31. The van der Waals surface area contributed by atoms with Gasteiger partial charge in [0, 0.05) is 31.2 Å². The molecule has 1 saturated heterocycles. The molecule has 0 unspecified atom stereocenters. The smallest absolute Gasteiger partial charge is 0.316 e. The van der Waals surface area contributed by atoms with Gasteiger partial charge in [-0.1, -0.05) is 30.2 Å². The molecule has 2 fully saturated rings. The lowest BCUT2D eigenvalue weighted by Crippen LogP contribution is -2.49. The van der Waals surface area contributed by atoms with E-state index in [0.29, 0.717) is 59.0 Å². The largest absolute Gasteiger partial charge is 0.495 e. The average Bonchev–Trinajstić information content (AvgIpc) is 2.89. The molecular formula is C27H32ClN5O5S. The SMILES string of the molecule is COc1cc(CS(=O)(=O)N2CCN(c3cnn(-c4cccc(Cl)c4)c(=O)c3OCC3CCC3)CC2)ccc1N. The van der Waals surface area contributed by atoms with Crippen LogP contribution in [0.1, 0.15) is 24.8 Å². The Morgan fingerprint density at radius 1 is 1.10 bits per heavy atom. The Bertz CT molecular complexity index is 1500. The number of hydrogen-bond acceptors (Lipinski definition) is 8. The Balaban J connectivity index is 1.34. The predicted octanol–water partition coefficient (Wildman–Crippen LogP) is 3.31. The molecule has 0 amide bonds. The Kier molecular flexibility index (Phi) is 8.01. The molecule has 1 aliphatic carbocycles. The first-order chi connectivity index (χ1) is 18.7. The first-order valence-electron chi connectivity index (χ1n) is 12.9. The van der Waals surface area contributed by atoms with Crippen LogP contribution in [0.15, 0.2) is 53.5 Å². The van der Waals surface area contributed by atoms with Crippen LogP contribution in [0.4, 0.5) is 11.4 Å². The van der Waals surface area contributed by atoms with Crippen molar-refractivity contribution >= 4 is 33.0 Å². The third kappa shape index (κ3) is 6.00. The van der Waals surface area contributed by atoms with Crippen molar-refractivity contribution in [1.29, 1.82) is 0 Å². The molecule has 1 saturated carbocycles. The van der Waals surface area contributed by atoms with E-state index in [9.17, 15) is 13.2 Å². The van der Waals surface area contributed by atoms with E-state index in [0.717, 1.165) is 12.8 Å². The molecule has 5 rings (SSSR count). The van der Waals surface area contributed by atoms with Crippen molar-refractivity contribution in [2.45, 2.75) is 25.0 Å². The summed E-state index contributed by atoms with van der Waals surface area (Å²) in [4.78, 5) is 15.5. The van der Waals surface area contributed by atoms with Gasteiger partial charge in [-0.15, -0.1) is 0 Å². The van der Waals surface area contributed by atoms with Crippen molar-refractivity contribution in [1.82, 2.24) is 14.1 Å². The van der Waals surface area contributed by atoms with E-state index in [1.807, 2.05) is 4.90 Å². The van der Waals surface area contributed by atoms with Crippen LogP contribution in [0.2, 0.25) is 5.02 Å². The molecule has 3 aromatic rings. The van der Waals surface area contributed by atoms with Crippen molar-refractivity contribution in [3.63, 3.8) is 0 Å². The molecule has 0 atom stereocenters. The van der Waals surface area contributed by atoms with Gasteiger partial charge >= 0.3 is 5.56 Å². The molecular weight excluding hydrogens is 542 g/mol. The lowest BCUT2D eigenvalue weighted by Gasteiger charge is -2.36. The number of rotatable bonds is 9. The minimum absolute atomic E-state index is 0.156. The Morgan fingerprint density at radius 2 is 1.87 bits per heavy atom. The maximum Gasteiger partial charge on any atom is 0.316 e. The summed E-state index contributed by atoms with van der Waals surface area (Å²) in [6, 6.07) is 11.9. The molecule has 2 aliphatic rings. The lowest BCUT2D eigenvalue weighted by molar-refractivity contribution is 0.178. The number of methoxy groups -OCH3 is 1. The zero-order valence-electron chi connectivity index (χ0n) is 21.8. The molecule has 12 heteroatoms. The zero-order chi connectivity index (χ0) is 27.6. The highest BCUT2D eigenvalue weighted by Gasteiger charge is 2.30. The number of nitrogen functional groups attached to an aromatic ring is 1. The summed E-state index contributed by atoms with van der Waals surface area (Å²) in [5, 5.41) is 4.90. The van der Waals surface area contributed by atoms with Crippen LogP contribution in [-0.4, -0.2) is 62.4 Å². The third-order valence-electron chi connectivity index (χ3n) is 7.28. The number of hydrogen-bond donors (Lipinski definition) is 1. The van der Waals surface area contributed by atoms with E-state index in [1.165, 1.54) is 22.5 Å². The topological polar surface area (TPSA) is 120 Å². The van der Waals surface area contributed by atoms with Gasteiger partial charge in [0.15, 0.2) is 0 Å². The normalized spacial score (nSPS) is 16.6. The Hall–Kier alpha value is -3.28. The van der Waals surface area contributed by atoms with Crippen LogP contribution < -0.4 is 25.7 Å². The van der Waals surface area contributed by atoms with Crippen LogP contribution in [0.5, 0.6) is 11.5 Å². The molecule has 0 bridgehead atoms. The number of aromatic nitrogens is 2. The fourth-order valence-electron chi connectivity index (χ4n) is 4.80. The number of ether oxygens (including phenoxy) is 2. The molecule has 2 aromatic carbocycles. The third-order valence-corrected chi connectivity index (χ3v) is 9.36. The molecule has 0 radical (unpaired) electrons. The summed E-state index contributed by atoms with van der Waals surface area (Å²) in [5.41, 5.74) is 7.65. The summed E-state index contributed by atoms with van der Waals surface area (Å²) >= 11 is 6.14. The predicted molar refractivity (Wildman–Crippen MR) is 151 cm³/mol. The fourth-order valence-corrected chi connectivity index (χ4v) is 6.48. The molecule has 2 heterocycles. The molecule has 0 spiro atoms. The fraction of sp³-hybridized carbons (Fsp3) is 0.407. The monoisotopic (exact) mass is 573 g/mol. The average molecular weight is 574 g/mol. The van der Waals surface area contributed by atoms with Gasteiger partial charge in [0.25, 0.3) is 0 Å². The van der Waals surface area contributed by atoms with Crippen molar-refractivity contribution in [3.8, 4) is 17.2 Å². The van der Waals surface area contributed by atoms with Gasteiger partial charge in [-0.3, -0.25) is 4.79 Å². The molecule has 1 aromatic heterocycles. The van der Waals surface area contributed by atoms with Crippen LogP contribution in [0, 0.1) is 5.92 Å². The summed E-state index contributed by atoms with van der Waals surface area (Å²) in [6.45, 7) is 1.79. The zero-order valence-corrected chi connectivity index (χ0v) is 23.3. The van der Waals surface area contributed by atoms with Crippen molar-refractivity contribution in [3.05, 3.63) is 69.6 Å². The highest BCUT2D eigenvalue weighted by molar-refractivity contribution is 7.88. The van der Waals surface area contributed by atoms with Gasteiger partial charge in [-0.25, -0.2) is 8.42 Å². The number of sulfonamides is 1. The molecule has 39 heavy (non-hydrogen) atoms. The van der Waals surface area contributed by atoms with Gasteiger partial charge < -0.3 is 20.1 Å². The number of benzene rings is 2. The Labute approximate surface area is 232 Å². The van der Waals surface area contributed by atoms with E-state index < -0.39 is 10.0 Å². The Morgan fingerprint density at radius 3 is 2.54 bits per heavy atom. The number of anilines is 2. The molecule has 2 N–H and O–H groups in total. The summed E-state index contributed by atoms with van der Waals surface area (Å²) in [6.07, 6.45) is 4.95. The van der Waals surface area contributed by atoms with Crippen molar-refractivity contribution in [2.75, 3.05) is 50.5 Å². The first-order valence-corrected chi connectivity index (χ1v) is 14.9. The second kappa shape index (κ2) is 11.4. The summed E-state index contributed by atoms with van der Waals surface area (Å²) < 4.78 is 40.5. The number of nitrogens with zero attached hydrogens (tertiary/aromatic N) is 4. The lowest BCUT2D eigenvalue weighted by atomic mass is 9.86. The van der Waals surface area contributed by atoms with E-state index >= 15 is 0 Å². The van der Waals surface area contributed by atoms with Gasteiger partial charge in [-0.2, -0.15) is 14.1 Å². The first kappa shape index (κ1) is 27.3. The van der Waals surface area contributed by atoms with Crippen molar-refractivity contribution < 1.29 is 17.9 Å². The highest BCUT2D eigenvalue weighted by atomic mass is 35.5. The molecule has 10 nitrogen and oxygen atoms in total. The van der Waals surface area contributed by atoms with E-state index in [1.54, 1.807) is 48.7 Å². The second-order valence-electron chi connectivity index (χ2n) is 9.88. The summed E-state index contributed by atoms with van der Waals surface area (Å²) in [7, 11) is -2.08. The van der Waals surface area contributed by atoms with E-state index in [2.05, 4.69) is 5.10 Å². The second-order valence-corrected chi connectivity index (χ2v) is 12.3. The van der Waals surface area contributed by atoms with Gasteiger partial charge in [0.2, 0.25) is 15.8 Å². The minimum atomic E-state index is -3.58. The molecule has 208 valence electrons. The van der Waals surface area contributed by atoms with Crippen LogP contribution in [0.3, 0.4) is 0 Å². The minimum Gasteiger partial charge on any atom is -0.495 e. The van der Waals surface area contributed by atoms with Crippen molar-refractivity contribution in [2.24, 2.45) is 5.92 Å². The number of halogens is 1. The van der Waals surface area contributed by atoms with Crippen LogP contribution in [-0.2, 0) is 15.8 Å². The standard InChI is InChI=1S/C27H32ClN5O5S/c1-37-25-14-20(8-9-23(25)29)18-39(35,36)32-12-10-31(11-13-32)24-16-30-33(22-7-3-6-21(28)15-22)27(34)26(24)38-17-19-4-2-5-19/h3,6-9,14-16,19H,2,4-5,10-13,17-18,29H2,1H3. The maximum absolute atomic E-state index is 13.5. The maximum atomic E-state index is 13.5. The van der Waals surface area contributed by atoms with Gasteiger partial charge in [-0.05, 0) is 54.7 Å². The van der Waals surface area contributed by atoms with Crippen LogP contribution >= 0.6 is 11.6 Å². The quantitative estimate of drug-likeness (QED) is 0.387.